The van der Waals surface area contributed by atoms with E-state index in [1.807, 2.05) is 13.8 Å². The van der Waals surface area contributed by atoms with E-state index in [0.717, 1.165) is 70.0 Å². The largest absolute Gasteiger partial charge is 0.490 e. The van der Waals surface area contributed by atoms with Crippen LogP contribution in [0.5, 0.6) is 5.75 Å². The summed E-state index contributed by atoms with van der Waals surface area (Å²) >= 11 is 0. The normalized spacial score (nSPS) is 21.8. The molecule has 0 aromatic heterocycles. The quantitative estimate of drug-likeness (QED) is 0.586. The molecule has 1 aromatic rings. The van der Waals surface area contributed by atoms with Gasteiger partial charge in [-0.3, -0.25) is 4.79 Å². The Morgan fingerprint density at radius 1 is 1.33 bits per heavy atom. The molecule has 0 radical (unpaired) electrons. The molecule has 6 nitrogen and oxygen atoms in total. The molecular formula is C24H38N2O4. The molecule has 30 heavy (non-hydrogen) atoms. The fourth-order valence-electron chi connectivity index (χ4n) is 4.22. The summed E-state index contributed by atoms with van der Waals surface area (Å²) < 4.78 is 17.2. The lowest BCUT2D eigenvalue weighted by molar-refractivity contribution is -0.125. The molecule has 2 atom stereocenters. The molecule has 0 unspecified atom stereocenters. The van der Waals surface area contributed by atoms with E-state index in [4.69, 9.17) is 14.2 Å². The summed E-state index contributed by atoms with van der Waals surface area (Å²) in [4.78, 5) is 14.2. The van der Waals surface area contributed by atoms with Gasteiger partial charge in [-0.05, 0) is 50.3 Å². The Hall–Kier alpha value is -1.63. The predicted octanol–water partition coefficient (Wildman–Crippen LogP) is 3.56. The van der Waals surface area contributed by atoms with E-state index in [1.165, 1.54) is 5.56 Å². The molecule has 2 heterocycles. The highest BCUT2D eigenvalue weighted by atomic mass is 16.5. The van der Waals surface area contributed by atoms with Gasteiger partial charge in [0.15, 0.2) is 0 Å². The zero-order valence-corrected chi connectivity index (χ0v) is 19.0. The first kappa shape index (κ1) is 23.0. The minimum Gasteiger partial charge on any atom is -0.490 e. The van der Waals surface area contributed by atoms with Crippen LogP contribution in [-0.4, -0.2) is 57.9 Å². The number of carbonyl (C=O) groups is 1. The Kier molecular flexibility index (Phi) is 8.14. The molecule has 2 aliphatic heterocycles. The Morgan fingerprint density at radius 2 is 2.17 bits per heavy atom. The molecule has 0 spiro atoms. The molecule has 1 saturated heterocycles. The van der Waals surface area contributed by atoms with Crippen LogP contribution >= 0.6 is 0 Å². The third kappa shape index (κ3) is 6.19. The lowest BCUT2D eigenvalue weighted by Gasteiger charge is -2.34. The molecule has 1 aromatic carbocycles. The molecular weight excluding hydrogens is 380 g/mol. The van der Waals surface area contributed by atoms with Gasteiger partial charge in [0.05, 0.1) is 24.9 Å². The molecule has 0 saturated carbocycles. The Balaban J connectivity index is 1.49. The fraction of sp³-hybridized carbons (Fsp3) is 0.708. The summed E-state index contributed by atoms with van der Waals surface area (Å²) in [5.41, 5.74) is 2.08. The van der Waals surface area contributed by atoms with Gasteiger partial charge in [-0.2, -0.15) is 0 Å². The number of anilines is 1. The highest BCUT2D eigenvalue weighted by Crippen LogP contribution is 2.33. The van der Waals surface area contributed by atoms with Crippen LogP contribution in [0.25, 0.3) is 0 Å². The highest BCUT2D eigenvalue weighted by Gasteiger charge is 2.30. The van der Waals surface area contributed by atoms with E-state index in [-0.39, 0.29) is 17.3 Å². The molecule has 0 bridgehead atoms. The van der Waals surface area contributed by atoms with E-state index < -0.39 is 0 Å². The topological polar surface area (TPSA) is 60.0 Å². The number of hydrogen-bond donors (Lipinski definition) is 1. The second-order valence-electron chi connectivity index (χ2n) is 9.24. The van der Waals surface area contributed by atoms with Crippen molar-refractivity contribution in [3.05, 3.63) is 23.8 Å². The maximum atomic E-state index is 11.8. The molecule has 0 amide bonds. The Morgan fingerprint density at radius 3 is 2.87 bits per heavy atom. The fourth-order valence-corrected chi connectivity index (χ4v) is 4.22. The molecule has 168 valence electrons. The third-order valence-electron chi connectivity index (χ3n) is 6.43. The molecule has 6 heteroatoms. The van der Waals surface area contributed by atoms with Crippen LogP contribution in [0.4, 0.5) is 5.69 Å². The van der Waals surface area contributed by atoms with Crippen molar-refractivity contribution in [2.24, 2.45) is 5.41 Å². The zero-order chi connectivity index (χ0) is 21.6. The van der Waals surface area contributed by atoms with Crippen LogP contribution in [0.15, 0.2) is 18.2 Å². The zero-order valence-electron chi connectivity index (χ0n) is 19.0. The van der Waals surface area contributed by atoms with Crippen molar-refractivity contribution in [1.29, 1.82) is 0 Å². The van der Waals surface area contributed by atoms with Crippen molar-refractivity contribution in [2.45, 2.75) is 65.2 Å². The highest BCUT2D eigenvalue weighted by molar-refractivity contribution is 5.81. The van der Waals surface area contributed by atoms with E-state index in [1.54, 1.807) is 14.0 Å². The van der Waals surface area contributed by atoms with Gasteiger partial charge in [0.25, 0.3) is 0 Å². The average Bonchev–Trinajstić information content (AvgIpc) is 2.73. The van der Waals surface area contributed by atoms with Crippen LogP contribution < -0.4 is 15.0 Å². The maximum absolute atomic E-state index is 11.8. The number of Topliss-reactive ketones (excluding diaryl/α,β-unsaturated/α-hetero) is 1. The summed E-state index contributed by atoms with van der Waals surface area (Å²) in [6.07, 6.45) is 4.19. The van der Waals surface area contributed by atoms with Gasteiger partial charge in [-0.15, -0.1) is 0 Å². The van der Waals surface area contributed by atoms with E-state index in [2.05, 4.69) is 28.4 Å². The Bertz CT molecular complexity index is 698. The van der Waals surface area contributed by atoms with Crippen molar-refractivity contribution < 1.29 is 19.0 Å². The first-order valence-corrected chi connectivity index (χ1v) is 11.2. The van der Waals surface area contributed by atoms with Crippen LogP contribution in [0.3, 0.4) is 0 Å². The second kappa shape index (κ2) is 10.6. The molecule has 2 aliphatic rings. The average molecular weight is 419 g/mol. The standard InChI is InChI=1S/C24H38N2O4/c1-18(27)24(2,3)15-20-7-8-21(16-25-20)30-17-19-6-9-23-22(14-19)26(11-13-29-23)10-5-12-28-4/h6,9,14,20-21,25H,5,7-8,10-13,15-17H2,1-4H3/t20-,21+/m0/s1. The van der Waals surface area contributed by atoms with Gasteiger partial charge in [0.2, 0.25) is 0 Å². The van der Waals surface area contributed by atoms with Gasteiger partial charge >= 0.3 is 0 Å². The molecule has 0 aliphatic carbocycles. The number of fused-ring (bicyclic) bond motifs is 1. The summed E-state index contributed by atoms with van der Waals surface area (Å²) in [6, 6.07) is 6.77. The maximum Gasteiger partial charge on any atom is 0.142 e. The molecule has 3 rings (SSSR count). The van der Waals surface area contributed by atoms with Crippen LogP contribution in [0.2, 0.25) is 0 Å². The van der Waals surface area contributed by atoms with Gasteiger partial charge in [0.1, 0.15) is 18.1 Å². The minimum absolute atomic E-state index is 0.215. The monoisotopic (exact) mass is 418 g/mol. The van der Waals surface area contributed by atoms with Gasteiger partial charge in [-0.1, -0.05) is 19.9 Å². The van der Waals surface area contributed by atoms with Crippen molar-refractivity contribution >= 4 is 11.5 Å². The Labute approximate surface area is 181 Å². The summed E-state index contributed by atoms with van der Waals surface area (Å²) in [5.74, 6) is 1.22. The van der Waals surface area contributed by atoms with Crippen molar-refractivity contribution in [1.82, 2.24) is 5.32 Å². The van der Waals surface area contributed by atoms with Crippen LogP contribution in [0.1, 0.15) is 52.0 Å². The second-order valence-corrected chi connectivity index (χ2v) is 9.24. The van der Waals surface area contributed by atoms with Gasteiger partial charge in [0, 0.05) is 38.3 Å². The van der Waals surface area contributed by atoms with E-state index >= 15 is 0 Å². The number of benzene rings is 1. The first-order valence-electron chi connectivity index (χ1n) is 11.2. The van der Waals surface area contributed by atoms with E-state index in [0.29, 0.717) is 12.6 Å². The number of hydrogen-bond acceptors (Lipinski definition) is 6. The number of nitrogens with zero attached hydrogens (tertiary/aromatic N) is 1. The number of piperidine rings is 1. The summed E-state index contributed by atoms with van der Waals surface area (Å²) in [7, 11) is 1.75. The first-order chi connectivity index (χ1) is 14.4. The van der Waals surface area contributed by atoms with Gasteiger partial charge < -0.3 is 24.4 Å². The summed E-state index contributed by atoms with van der Waals surface area (Å²) in [5, 5.41) is 3.58. The number of methoxy groups -OCH3 is 1. The third-order valence-corrected chi connectivity index (χ3v) is 6.43. The van der Waals surface area contributed by atoms with Gasteiger partial charge in [-0.25, -0.2) is 0 Å². The molecule has 1 fully saturated rings. The number of nitrogens with one attached hydrogen (secondary N) is 1. The number of ketones is 1. The summed E-state index contributed by atoms with van der Waals surface area (Å²) in [6.45, 7) is 10.6. The minimum atomic E-state index is -0.258. The SMILES string of the molecule is COCCCN1CCOc2ccc(CO[C@@H]3CC[C@@H](CC(C)(C)C(C)=O)NC3)cc21. The number of rotatable bonds is 10. The predicted molar refractivity (Wildman–Crippen MR) is 119 cm³/mol. The van der Waals surface area contributed by atoms with Crippen LogP contribution in [0, 0.1) is 5.41 Å². The smallest absolute Gasteiger partial charge is 0.142 e. The van der Waals surface area contributed by atoms with Crippen molar-refractivity contribution in [3.63, 3.8) is 0 Å². The lowest BCUT2D eigenvalue weighted by atomic mass is 9.80. The van der Waals surface area contributed by atoms with E-state index in [9.17, 15) is 4.79 Å². The van der Waals surface area contributed by atoms with Crippen LogP contribution in [-0.2, 0) is 20.9 Å². The number of carbonyl (C=O) groups excluding carboxylic acids is 1. The lowest BCUT2D eigenvalue weighted by Crippen LogP contribution is -2.45. The number of ether oxygens (including phenoxy) is 3. The van der Waals surface area contributed by atoms with Crippen molar-refractivity contribution in [2.75, 3.05) is 44.9 Å². The van der Waals surface area contributed by atoms with Crippen molar-refractivity contribution in [3.8, 4) is 5.75 Å². The molecule has 1 N–H and O–H groups in total.